The van der Waals surface area contributed by atoms with Gasteiger partial charge in [0, 0.05) is 0 Å². The molecule has 0 heterocycles. The Labute approximate surface area is 135 Å². The number of hydrogen-bond donors (Lipinski definition) is 3. The van der Waals surface area contributed by atoms with E-state index in [0.29, 0.717) is 0 Å². The largest absolute Gasteiger partial charge is 0.481 e. The van der Waals surface area contributed by atoms with Gasteiger partial charge in [-0.3, -0.25) is 9.59 Å². The third-order valence-corrected chi connectivity index (χ3v) is 3.15. The molecule has 0 saturated carbocycles. The van der Waals surface area contributed by atoms with Gasteiger partial charge in [-0.15, -0.1) is 0 Å². The first-order valence-electron chi connectivity index (χ1n) is 7.19. The number of hydrogen-bond acceptors (Lipinski definition) is 4. The second-order valence-corrected chi connectivity index (χ2v) is 5.62. The van der Waals surface area contributed by atoms with Crippen LogP contribution in [0.1, 0.15) is 46.5 Å². The highest BCUT2D eigenvalue weighted by molar-refractivity contribution is 5.88. The number of allylic oxidation sites excluding steroid dienone is 3. The maximum Gasteiger partial charge on any atom is 0.337 e. The average Bonchev–Trinajstić information content (AvgIpc) is 2.36. The molecule has 7 nitrogen and oxygen atoms in total. The fraction of sp³-hybridized carbons (Fsp3) is 0.562. The van der Waals surface area contributed by atoms with Crippen molar-refractivity contribution in [2.24, 2.45) is 0 Å². The molecule has 0 unspecified atom stereocenters. The predicted octanol–water partition coefficient (Wildman–Crippen LogP) is 2.47. The first kappa shape index (κ1) is 20.9. The van der Waals surface area contributed by atoms with Gasteiger partial charge in [-0.2, -0.15) is 0 Å². The quantitative estimate of drug-likeness (QED) is 0.498. The standard InChI is InChI=1S/C16H24O7/c1-11(2)5-4-6-12(3)7-8-23-16(15(21)22,9-13(17)18)10-14(19)20/h5,7H,4,6,8-10H2,1-3H3,(H,17,18)(H,19,20)(H,21,22)/b12-7-. The Morgan fingerprint density at radius 2 is 1.48 bits per heavy atom. The summed E-state index contributed by atoms with van der Waals surface area (Å²) in [5.41, 5.74) is -0.122. The van der Waals surface area contributed by atoms with Gasteiger partial charge in [0.15, 0.2) is 5.60 Å². The lowest BCUT2D eigenvalue weighted by Gasteiger charge is -2.26. The zero-order valence-electron chi connectivity index (χ0n) is 13.7. The lowest BCUT2D eigenvalue weighted by atomic mass is 9.95. The number of ether oxygens (including phenoxy) is 1. The summed E-state index contributed by atoms with van der Waals surface area (Å²) in [5, 5.41) is 26.9. The molecule has 3 N–H and O–H groups in total. The van der Waals surface area contributed by atoms with Crippen molar-refractivity contribution in [3.8, 4) is 0 Å². The molecule has 0 spiro atoms. The Morgan fingerprint density at radius 3 is 1.87 bits per heavy atom. The molecule has 0 aliphatic carbocycles. The molecule has 7 heteroatoms. The van der Waals surface area contributed by atoms with Gasteiger partial charge in [-0.25, -0.2) is 4.79 Å². The maximum absolute atomic E-state index is 11.3. The van der Waals surface area contributed by atoms with Gasteiger partial charge in [-0.05, 0) is 33.6 Å². The summed E-state index contributed by atoms with van der Waals surface area (Å²) >= 11 is 0. The van der Waals surface area contributed by atoms with Crippen molar-refractivity contribution < 1.29 is 34.4 Å². The smallest absolute Gasteiger partial charge is 0.337 e. The molecule has 130 valence electrons. The molecule has 23 heavy (non-hydrogen) atoms. The van der Waals surface area contributed by atoms with E-state index in [9.17, 15) is 19.5 Å². The van der Waals surface area contributed by atoms with Gasteiger partial charge in [0.05, 0.1) is 19.4 Å². The molecule has 0 aromatic heterocycles. The summed E-state index contributed by atoms with van der Waals surface area (Å²) in [6.45, 7) is 5.66. The van der Waals surface area contributed by atoms with Crippen molar-refractivity contribution in [3.05, 3.63) is 23.3 Å². The molecular weight excluding hydrogens is 304 g/mol. The molecular formula is C16H24O7. The Balaban J connectivity index is 4.89. The van der Waals surface area contributed by atoms with E-state index in [-0.39, 0.29) is 6.61 Å². The molecule has 0 amide bonds. The van der Waals surface area contributed by atoms with Crippen LogP contribution in [0.15, 0.2) is 23.3 Å². The minimum absolute atomic E-state index is 0.159. The van der Waals surface area contributed by atoms with Gasteiger partial charge in [0.1, 0.15) is 0 Å². The van der Waals surface area contributed by atoms with Crippen LogP contribution in [-0.2, 0) is 19.1 Å². The summed E-state index contributed by atoms with van der Waals surface area (Å²) in [7, 11) is 0. The molecule has 0 aromatic rings. The van der Waals surface area contributed by atoms with Gasteiger partial charge >= 0.3 is 17.9 Å². The van der Waals surface area contributed by atoms with E-state index in [4.69, 9.17) is 14.9 Å². The second kappa shape index (κ2) is 9.78. The lowest BCUT2D eigenvalue weighted by molar-refractivity contribution is -0.176. The Morgan fingerprint density at radius 1 is 0.957 bits per heavy atom. The monoisotopic (exact) mass is 328 g/mol. The topological polar surface area (TPSA) is 121 Å². The van der Waals surface area contributed by atoms with Crippen molar-refractivity contribution in [2.45, 2.75) is 52.1 Å². The number of carbonyl (C=O) groups is 3. The molecule has 0 fully saturated rings. The van der Waals surface area contributed by atoms with Crippen LogP contribution in [0.3, 0.4) is 0 Å². The summed E-state index contributed by atoms with van der Waals surface area (Å²) in [6.07, 6.45) is 3.46. The molecule has 0 saturated heterocycles. The number of rotatable bonds is 11. The highest BCUT2D eigenvalue weighted by Crippen LogP contribution is 2.22. The van der Waals surface area contributed by atoms with Gasteiger partial charge < -0.3 is 20.1 Å². The SMILES string of the molecule is CC(C)=CCC/C(C)=C\COC(CC(=O)O)(CC(=O)O)C(=O)O. The van der Waals surface area contributed by atoms with Gasteiger partial charge in [-0.1, -0.05) is 23.3 Å². The van der Waals surface area contributed by atoms with Crippen LogP contribution in [0.2, 0.25) is 0 Å². The number of carboxylic acid groups (broad SMARTS) is 3. The van der Waals surface area contributed by atoms with Crippen molar-refractivity contribution in [1.82, 2.24) is 0 Å². The first-order valence-corrected chi connectivity index (χ1v) is 7.19. The van der Waals surface area contributed by atoms with Crippen molar-refractivity contribution in [1.29, 1.82) is 0 Å². The molecule has 0 aliphatic rings. The van der Waals surface area contributed by atoms with Gasteiger partial charge in [0.2, 0.25) is 0 Å². The van der Waals surface area contributed by atoms with E-state index < -0.39 is 36.4 Å². The van der Waals surface area contributed by atoms with Crippen LogP contribution in [0.5, 0.6) is 0 Å². The van der Waals surface area contributed by atoms with Crippen LogP contribution in [-0.4, -0.2) is 45.4 Å². The van der Waals surface area contributed by atoms with Crippen LogP contribution in [0, 0.1) is 0 Å². The van der Waals surface area contributed by atoms with E-state index in [1.807, 2.05) is 20.8 Å². The Hall–Kier alpha value is -2.15. The average molecular weight is 328 g/mol. The lowest BCUT2D eigenvalue weighted by Crippen LogP contribution is -2.45. The molecule has 0 bridgehead atoms. The number of carboxylic acids is 3. The van der Waals surface area contributed by atoms with Crippen molar-refractivity contribution >= 4 is 17.9 Å². The fourth-order valence-corrected chi connectivity index (χ4v) is 1.90. The van der Waals surface area contributed by atoms with Crippen molar-refractivity contribution in [3.63, 3.8) is 0 Å². The number of aliphatic carboxylic acids is 3. The normalized spacial score (nSPS) is 11.9. The minimum Gasteiger partial charge on any atom is -0.481 e. The third-order valence-electron chi connectivity index (χ3n) is 3.15. The highest BCUT2D eigenvalue weighted by Gasteiger charge is 2.44. The molecule has 0 atom stereocenters. The zero-order valence-corrected chi connectivity index (χ0v) is 13.7. The highest BCUT2D eigenvalue weighted by atomic mass is 16.5. The summed E-state index contributed by atoms with van der Waals surface area (Å²) in [4.78, 5) is 33.0. The van der Waals surface area contributed by atoms with Crippen LogP contribution < -0.4 is 0 Å². The van der Waals surface area contributed by atoms with E-state index in [1.165, 1.54) is 5.57 Å². The summed E-state index contributed by atoms with van der Waals surface area (Å²) in [6, 6.07) is 0. The zero-order chi connectivity index (χ0) is 18.0. The van der Waals surface area contributed by atoms with E-state index in [2.05, 4.69) is 6.08 Å². The molecule has 0 rings (SSSR count). The third kappa shape index (κ3) is 8.77. The van der Waals surface area contributed by atoms with E-state index >= 15 is 0 Å². The molecule has 0 aliphatic heterocycles. The first-order chi connectivity index (χ1) is 10.6. The summed E-state index contributed by atoms with van der Waals surface area (Å²) in [5.74, 6) is -4.46. The fourth-order valence-electron chi connectivity index (χ4n) is 1.90. The maximum atomic E-state index is 11.3. The van der Waals surface area contributed by atoms with Crippen LogP contribution in [0.4, 0.5) is 0 Å². The van der Waals surface area contributed by atoms with E-state index in [0.717, 1.165) is 18.4 Å². The Bertz CT molecular complexity index is 483. The molecule has 0 radical (unpaired) electrons. The molecule has 0 aromatic carbocycles. The van der Waals surface area contributed by atoms with Crippen LogP contribution in [0.25, 0.3) is 0 Å². The Kier molecular flexibility index (Phi) is 8.87. The minimum atomic E-state index is -2.27. The van der Waals surface area contributed by atoms with E-state index in [1.54, 1.807) is 6.08 Å². The predicted molar refractivity (Wildman–Crippen MR) is 83.2 cm³/mol. The van der Waals surface area contributed by atoms with Gasteiger partial charge in [0.25, 0.3) is 0 Å². The van der Waals surface area contributed by atoms with Crippen LogP contribution >= 0.6 is 0 Å². The van der Waals surface area contributed by atoms with Crippen molar-refractivity contribution in [2.75, 3.05) is 6.61 Å². The summed E-state index contributed by atoms with van der Waals surface area (Å²) < 4.78 is 5.16. The second-order valence-electron chi connectivity index (χ2n) is 5.62.